The second kappa shape index (κ2) is 6.15. The summed E-state index contributed by atoms with van der Waals surface area (Å²) in [5, 5.41) is 8.21. The Kier molecular flexibility index (Phi) is 7.29. The molecule has 1 unspecified atom stereocenters. The van der Waals surface area contributed by atoms with Crippen LogP contribution < -0.4 is 0 Å². The molecule has 1 radical (unpaired) electrons. The molecule has 0 aromatic rings. The summed E-state index contributed by atoms with van der Waals surface area (Å²) in [5.41, 5.74) is 0. The zero-order chi connectivity index (χ0) is 8.15. The van der Waals surface area contributed by atoms with E-state index in [-0.39, 0.29) is 22.4 Å². The van der Waals surface area contributed by atoms with Gasteiger partial charge in [-0.05, 0) is 6.92 Å². The van der Waals surface area contributed by atoms with E-state index in [1.54, 1.807) is 0 Å². The SMILES string of the molecule is C=CC(=O)OC(C)C(=O)O.[Ta]. The third kappa shape index (κ3) is 5.84. The normalized spacial score (nSPS) is 10.6. The first-order chi connectivity index (χ1) is 4.57. The summed E-state index contributed by atoms with van der Waals surface area (Å²) in [6.07, 6.45) is -0.190. The minimum absolute atomic E-state index is 0. The van der Waals surface area contributed by atoms with Crippen LogP contribution in [0.5, 0.6) is 0 Å². The average molecular weight is 325 g/mol. The van der Waals surface area contributed by atoms with Crippen molar-refractivity contribution in [2.24, 2.45) is 0 Å². The van der Waals surface area contributed by atoms with E-state index in [1.807, 2.05) is 0 Å². The molecule has 0 heterocycles. The molecule has 0 fully saturated rings. The van der Waals surface area contributed by atoms with Gasteiger partial charge in [0.1, 0.15) is 0 Å². The van der Waals surface area contributed by atoms with Crippen LogP contribution >= 0.6 is 0 Å². The summed E-state index contributed by atoms with van der Waals surface area (Å²) in [6, 6.07) is 0. The van der Waals surface area contributed by atoms with E-state index in [9.17, 15) is 9.59 Å². The Hall–Kier alpha value is -0.580. The van der Waals surface area contributed by atoms with Gasteiger partial charge >= 0.3 is 11.9 Å². The van der Waals surface area contributed by atoms with E-state index < -0.39 is 18.0 Å². The number of hydrogen-bond acceptors (Lipinski definition) is 3. The first-order valence-electron chi connectivity index (χ1n) is 2.63. The van der Waals surface area contributed by atoms with Crippen molar-refractivity contribution in [3.05, 3.63) is 12.7 Å². The fourth-order valence-corrected chi connectivity index (χ4v) is 0.273. The fourth-order valence-electron chi connectivity index (χ4n) is 0.273. The monoisotopic (exact) mass is 325 g/mol. The zero-order valence-electron chi connectivity index (χ0n) is 5.98. The summed E-state index contributed by atoms with van der Waals surface area (Å²) in [4.78, 5) is 20.4. The number of carbonyl (C=O) groups excluding carboxylic acids is 1. The van der Waals surface area contributed by atoms with Gasteiger partial charge in [0, 0.05) is 28.5 Å². The molecule has 0 aromatic carbocycles. The van der Waals surface area contributed by atoms with Gasteiger partial charge in [-0.15, -0.1) is 0 Å². The van der Waals surface area contributed by atoms with Crippen molar-refractivity contribution < 1.29 is 41.8 Å². The molecule has 0 rings (SSSR count). The van der Waals surface area contributed by atoms with E-state index in [0.29, 0.717) is 0 Å². The van der Waals surface area contributed by atoms with Crippen molar-refractivity contribution in [1.82, 2.24) is 0 Å². The molecule has 0 bridgehead atoms. The molecule has 1 atom stereocenters. The van der Waals surface area contributed by atoms with Gasteiger partial charge in [0.05, 0.1) is 0 Å². The van der Waals surface area contributed by atoms with E-state index >= 15 is 0 Å². The molecular weight excluding hydrogens is 317 g/mol. The third-order valence-electron chi connectivity index (χ3n) is 0.807. The van der Waals surface area contributed by atoms with Crippen molar-refractivity contribution in [2.45, 2.75) is 13.0 Å². The molecular formula is C6H8O4Ta. The smallest absolute Gasteiger partial charge is 0.344 e. The number of ether oxygens (including phenoxy) is 1. The van der Waals surface area contributed by atoms with Gasteiger partial charge in [-0.3, -0.25) is 0 Å². The van der Waals surface area contributed by atoms with Gasteiger partial charge in [0.25, 0.3) is 0 Å². The Balaban J connectivity index is 0. The molecule has 11 heavy (non-hydrogen) atoms. The van der Waals surface area contributed by atoms with Crippen LogP contribution in [0.3, 0.4) is 0 Å². The van der Waals surface area contributed by atoms with E-state index in [1.165, 1.54) is 6.92 Å². The number of esters is 1. The molecule has 0 aliphatic heterocycles. The van der Waals surface area contributed by atoms with Gasteiger partial charge in [0.15, 0.2) is 6.10 Å². The maximum absolute atomic E-state index is 10.3. The van der Waals surface area contributed by atoms with Gasteiger partial charge in [-0.2, -0.15) is 0 Å². The minimum atomic E-state index is -1.17. The van der Waals surface area contributed by atoms with Crippen LogP contribution in [0.1, 0.15) is 6.92 Å². The number of carbonyl (C=O) groups is 2. The predicted molar refractivity (Wildman–Crippen MR) is 33.4 cm³/mol. The van der Waals surface area contributed by atoms with Gasteiger partial charge < -0.3 is 9.84 Å². The second-order valence-corrected chi connectivity index (χ2v) is 1.62. The molecule has 1 N–H and O–H groups in total. The molecule has 0 aliphatic rings. The molecule has 4 nitrogen and oxygen atoms in total. The summed E-state index contributed by atoms with van der Waals surface area (Å²) in [7, 11) is 0. The minimum Gasteiger partial charge on any atom is -0.479 e. The van der Waals surface area contributed by atoms with Crippen LogP contribution in [-0.2, 0) is 36.7 Å². The fraction of sp³-hybridized carbons (Fsp3) is 0.333. The van der Waals surface area contributed by atoms with E-state index in [0.717, 1.165) is 6.08 Å². The first kappa shape index (κ1) is 13.0. The van der Waals surface area contributed by atoms with Crippen molar-refractivity contribution in [1.29, 1.82) is 0 Å². The van der Waals surface area contributed by atoms with Crippen molar-refractivity contribution in [3.8, 4) is 0 Å². The van der Waals surface area contributed by atoms with Crippen LogP contribution in [0.25, 0.3) is 0 Å². The summed E-state index contributed by atoms with van der Waals surface area (Å²) >= 11 is 0. The maximum atomic E-state index is 10.3. The largest absolute Gasteiger partial charge is 0.479 e. The molecule has 0 aliphatic carbocycles. The van der Waals surface area contributed by atoms with Crippen LogP contribution in [0.2, 0.25) is 0 Å². The Bertz CT molecular complexity index is 166. The average Bonchev–Trinajstić information content (AvgIpc) is 1.87. The standard InChI is InChI=1S/C6H8O4.Ta/c1-3-5(7)10-4(2)6(8)9;/h3-4H,1H2,2H3,(H,8,9);. The van der Waals surface area contributed by atoms with Crippen molar-refractivity contribution in [3.63, 3.8) is 0 Å². The van der Waals surface area contributed by atoms with Gasteiger partial charge in [-0.25, -0.2) is 9.59 Å². The zero-order valence-corrected chi connectivity index (χ0v) is 9.19. The van der Waals surface area contributed by atoms with E-state index in [4.69, 9.17) is 5.11 Å². The van der Waals surface area contributed by atoms with E-state index in [2.05, 4.69) is 11.3 Å². The predicted octanol–water partition coefficient (Wildman–Crippen LogP) is 0.186. The second-order valence-electron chi connectivity index (χ2n) is 1.62. The van der Waals surface area contributed by atoms with Crippen LogP contribution in [0.4, 0.5) is 0 Å². The number of aliphatic carboxylic acids is 1. The van der Waals surface area contributed by atoms with Crippen LogP contribution in [0.15, 0.2) is 12.7 Å². The molecule has 0 saturated heterocycles. The number of hydrogen-bond donors (Lipinski definition) is 1. The Morgan fingerprint density at radius 2 is 2.09 bits per heavy atom. The Labute approximate surface area is 79.7 Å². The number of carboxylic acid groups (broad SMARTS) is 1. The Morgan fingerprint density at radius 3 is 2.36 bits per heavy atom. The van der Waals surface area contributed by atoms with Crippen LogP contribution in [-0.4, -0.2) is 23.1 Å². The molecule has 0 saturated carbocycles. The topological polar surface area (TPSA) is 63.6 Å². The molecule has 0 spiro atoms. The number of carboxylic acids is 1. The molecule has 5 heteroatoms. The van der Waals surface area contributed by atoms with Gasteiger partial charge in [0.2, 0.25) is 0 Å². The Morgan fingerprint density at radius 1 is 1.64 bits per heavy atom. The molecule has 0 aromatic heterocycles. The van der Waals surface area contributed by atoms with Gasteiger partial charge in [-0.1, -0.05) is 6.58 Å². The maximum Gasteiger partial charge on any atom is 0.344 e. The molecule has 0 amide bonds. The summed E-state index contributed by atoms with van der Waals surface area (Å²) in [5.74, 6) is -1.90. The number of rotatable bonds is 3. The summed E-state index contributed by atoms with van der Waals surface area (Å²) < 4.78 is 4.30. The van der Waals surface area contributed by atoms with Crippen molar-refractivity contribution >= 4 is 11.9 Å². The van der Waals surface area contributed by atoms with Crippen molar-refractivity contribution in [2.75, 3.05) is 0 Å². The van der Waals surface area contributed by atoms with Crippen LogP contribution in [0, 0.1) is 0 Å². The quantitative estimate of drug-likeness (QED) is 0.594. The first-order valence-corrected chi connectivity index (χ1v) is 2.63. The molecule has 61 valence electrons. The summed E-state index contributed by atoms with van der Waals surface area (Å²) in [6.45, 7) is 4.37. The third-order valence-corrected chi connectivity index (χ3v) is 0.807.